The Bertz CT molecular complexity index is 892. The summed E-state index contributed by atoms with van der Waals surface area (Å²) in [6.07, 6.45) is 9.14. The standard InChI is InChI=1S/C27H37N3O3/c1-2-3-4-9-18-33-25-15-11-13-23(20-25)28-21-26(31)29-24-14-10-12-22(19-24)27(32)30-16-7-5-6-8-17-30/h10-15,19-20,28H,2-9,16-18,21H2,1H3,(H,29,31). The van der Waals surface area contributed by atoms with E-state index in [-0.39, 0.29) is 18.4 Å². The zero-order valence-electron chi connectivity index (χ0n) is 19.8. The lowest BCUT2D eigenvalue weighted by molar-refractivity contribution is -0.114. The van der Waals surface area contributed by atoms with E-state index in [9.17, 15) is 9.59 Å². The average molecular weight is 452 g/mol. The van der Waals surface area contributed by atoms with Gasteiger partial charge in [-0.2, -0.15) is 0 Å². The zero-order chi connectivity index (χ0) is 23.3. The number of anilines is 2. The largest absolute Gasteiger partial charge is 0.494 e. The summed E-state index contributed by atoms with van der Waals surface area (Å²) in [5.41, 5.74) is 2.08. The molecule has 33 heavy (non-hydrogen) atoms. The first-order valence-electron chi connectivity index (χ1n) is 12.3. The minimum absolute atomic E-state index is 0.0395. The van der Waals surface area contributed by atoms with Crippen LogP contribution in [-0.4, -0.2) is 43.0 Å². The van der Waals surface area contributed by atoms with E-state index in [0.29, 0.717) is 17.9 Å². The molecule has 0 saturated carbocycles. The molecule has 0 atom stereocenters. The molecule has 1 aliphatic heterocycles. The number of benzene rings is 2. The lowest BCUT2D eigenvalue weighted by Gasteiger charge is -2.20. The van der Waals surface area contributed by atoms with Crippen molar-refractivity contribution >= 4 is 23.2 Å². The van der Waals surface area contributed by atoms with Gasteiger partial charge in [0.15, 0.2) is 0 Å². The summed E-state index contributed by atoms with van der Waals surface area (Å²) >= 11 is 0. The number of carbonyl (C=O) groups excluding carboxylic acids is 2. The Morgan fingerprint density at radius 1 is 0.909 bits per heavy atom. The van der Waals surface area contributed by atoms with Gasteiger partial charge in [0.25, 0.3) is 5.91 Å². The molecule has 178 valence electrons. The average Bonchev–Trinajstić information content (AvgIpc) is 3.12. The van der Waals surface area contributed by atoms with Gasteiger partial charge in [0, 0.05) is 36.1 Å². The van der Waals surface area contributed by atoms with Crippen LogP contribution in [0.5, 0.6) is 5.75 Å². The third-order valence-electron chi connectivity index (χ3n) is 5.84. The summed E-state index contributed by atoms with van der Waals surface area (Å²) in [5, 5.41) is 6.03. The van der Waals surface area contributed by atoms with E-state index in [2.05, 4.69) is 17.6 Å². The first-order chi connectivity index (χ1) is 16.2. The summed E-state index contributed by atoms with van der Waals surface area (Å²) in [4.78, 5) is 27.2. The van der Waals surface area contributed by atoms with Crippen LogP contribution in [0.1, 0.15) is 68.6 Å². The number of amides is 2. The van der Waals surface area contributed by atoms with Crippen LogP contribution in [-0.2, 0) is 4.79 Å². The Morgan fingerprint density at radius 3 is 2.45 bits per heavy atom. The maximum absolute atomic E-state index is 12.8. The van der Waals surface area contributed by atoms with Crippen molar-refractivity contribution < 1.29 is 14.3 Å². The number of hydrogen-bond donors (Lipinski definition) is 2. The molecule has 2 amide bonds. The minimum Gasteiger partial charge on any atom is -0.494 e. The Labute approximate surface area is 197 Å². The quantitative estimate of drug-likeness (QED) is 0.429. The van der Waals surface area contributed by atoms with E-state index in [0.717, 1.165) is 43.8 Å². The second kappa shape index (κ2) is 13.5. The first-order valence-corrected chi connectivity index (χ1v) is 12.3. The Kier molecular flexibility index (Phi) is 10.1. The molecular weight excluding hydrogens is 414 g/mol. The SMILES string of the molecule is CCCCCCOc1cccc(NCC(=O)Nc2cccc(C(=O)N3CCCCCC3)c2)c1. The van der Waals surface area contributed by atoms with Gasteiger partial charge >= 0.3 is 0 Å². The second-order valence-electron chi connectivity index (χ2n) is 8.63. The number of unbranched alkanes of at least 4 members (excludes halogenated alkanes) is 3. The lowest BCUT2D eigenvalue weighted by Crippen LogP contribution is -2.31. The summed E-state index contributed by atoms with van der Waals surface area (Å²) in [7, 11) is 0. The second-order valence-corrected chi connectivity index (χ2v) is 8.63. The van der Waals surface area contributed by atoms with E-state index in [1.54, 1.807) is 6.07 Å². The molecule has 1 aliphatic rings. The highest BCUT2D eigenvalue weighted by molar-refractivity contribution is 5.98. The van der Waals surface area contributed by atoms with Gasteiger partial charge in [-0.3, -0.25) is 9.59 Å². The summed E-state index contributed by atoms with van der Waals surface area (Å²) < 4.78 is 5.81. The molecule has 2 N–H and O–H groups in total. The fraction of sp³-hybridized carbons (Fsp3) is 0.481. The minimum atomic E-state index is -0.166. The molecule has 0 aromatic heterocycles. The van der Waals surface area contributed by atoms with Gasteiger partial charge in [0.1, 0.15) is 5.75 Å². The van der Waals surface area contributed by atoms with Crippen LogP contribution < -0.4 is 15.4 Å². The predicted octanol–water partition coefficient (Wildman–Crippen LogP) is 5.71. The molecule has 6 nitrogen and oxygen atoms in total. The van der Waals surface area contributed by atoms with Crippen LogP contribution in [0.25, 0.3) is 0 Å². The molecule has 0 unspecified atom stereocenters. The molecule has 2 aromatic rings. The van der Waals surface area contributed by atoms with E-state index in [1.807, 2.05) is 47.4 Å². The molecule has 0 spiro atoms. The van der Waals surface area contributed by atoms with Gasteiger partial charge < -0.3 is 20.3 Å². The molecule has 0 aliphatic carbocycles. The number of hydrogen-bond acceptors (Lipinski definition) is 4. The fourth-order valence-electron chi connectivity index (χ4n) is 3.99. The van der Waals surface area contributed by atoms with Crippen molar-refractivity contribution in [2.24, 2.45) is 0 Å². The molecule has 1 fully saturated rings. The number of ether oxygens (including phenoxy) is 1. The Morgan fingerprint density at radius 2 is 1.67 bits per heavy atom. The topological polar surface area (TPSA) is 70.7 Å². The number of nitrogens with zero attached hydrogens (tertiary/aromatic N) is 1. The molecular formula is C27H37N3O3. The monoisotopic (exact) mass is 451 g/mol. The summed E-state index contributed by atoms with van der Waals surface area (Å²) in [6, 6.07) is 14.9. The maximum atomic E-state index is 12.8. The highest BCUT2D eigenvalue weighted by Crippen LogP contribution is 2.19. The normalized spacial score (nSPS) is 13.8. The molecule has 1 heterocycles. The van der Waals surface area contributed by atoms with Crippen LogP contribution in [0.15, 0.2) is 48.5 Å². The van der Waals surface area contributed by atoms with E-state index in [1.165, 1.54) is 32.1 Å². The highest BCUT2D eigenvalue weighted by atomic mass is 16.5. The molecule has 2 aromatic carbocycles. The molecule has 0 bridgehead atoms. The smallest absolute Gasteiger partial charge is 0.253 e. The van der Waals surface area contributed by atoms with Gasteiger partial charge in [0.05, 0.1) is 13.2 Å². The number of carbonyl (C=O) groups is 2. The third-order valence-corrected chi connectivity index (χ3v) is 5.84. The van der Waals surface area contributed by atoms with Crippen molar-refractivity contribution in [3.63, 3.8) is 0 Å². The summed E-state index contributed by atoms with van der Waals surface area (Å²) in [5.74, 6) is 0.675. The lowest BCUT2D eigenvalue weighted by atomic mass is 10.1. The number of rotatable bonds is 11. The summed E-state index contributed by atoms with van der Waals surface area (Å²) in [6.45, 7) is 4.64. The number of nitrogens with one attached hydrogen (secondary N) is 2. The van der Waals surface area contributed by atoms with Crippen molar-refractivity contribution in [2.75, 3.05) is 36.9 Å². The predicted molar refractivity (Wildman–Crippen MR) is 134 cm³/mol. The Hall–Kier alpha value is -3.02. The number of likely N-dealkylation sites (tertiary alicyclic amines) is 1. The van der Waals surface area contributed by atoms with Crippen LogP contribution in [0.3, 0.4) is 0 Å². The van der Waals surface area contributed by atoms with E-state index >= 15 is 0 Å². The zero-order valence-corrected chi connectivity index (χ0v) is 19.8. The van der Waals surface area contributed by atoms with Crippen molar-refractivity contribution in [1.82, 2.24) is 4.90 Å². The molecule has 0 radical (unpaired) electrons. The first kappa shape index (κ1) is 24.6. The van der Waals surface area contributed by atoms with Crippen molar-refractivity contribution in [3.8, 4) is 5.75 Å². The van der Waals surface area contributed by atoms with Gasteiger partial charge in [0.2, 0.25) is 5.91 Å². The molecule has 3 rings (SSSR count). The van der Waals surface area contributed by atoms with Crippen molar-refractivity contribution in [3.05, 3.63) is 54.1 Å². The van der Waals surface area contributed by atoms with E-state index in [4.69, 9.17) is 4.74 Å². The fourth-order valence-corrected chi connectivity index (χ4v) is 3.99. The molecule has 1 saturated heterocycles. The van der Waals surface area contributed by atoms with Gasteiger partial charge in [-0.15, -0.1) is 0 Å². The molecule has 6 heteroatoms. The van der Waals surface area contributed by atoms with Gasteiger partial charge in [-0.25, -0.2) is 0 Å². The van der Waals surface area contributed by atoms with Crippen molar-refractivity contribution in [2.45, 2.75) is 58.3 Å². The van der Waals surface area contributed by atoms with Gasteiger partial charge in [-0.1, -0.05) is 51.2 Å². The Balaban J connectivity index is 1.47. The van der Waals surface area contributed by atoms with Crippen LogP contribution in [0.2, 0.25) is 0 Å². The van der Waals surface area contributed by atoms with Crippen LogP contribution in [0.4, 0.5) is 11.4 Å². The van der Waals surface area contributed by atoms with E-state index < -0.39 is 0 Å². The van der Waals surface area contributed by atoms with Crippen LogP contribution in [0, 0.1) is 0 Å². The van der Waals surface area contributed by atoms with Crippen molar-refractivity contribution in [1.29, 1.82) is 0 Å². The van der Waals surface area contributed by atoms with Crippen LogP contribution >= 0.6 is 0 Å². The third kappa shape index (κ3) is 8.44. The van der Waals surface area contributed by atoms with Gasteiger partial charge in [-0.05, 0) is 49.6 Å². The maximum Gasteiger partial charge on any atom is 0.253 e. The highest BCUT2D eigenvalue weighted by Gasteiger charge is 2.17.